The number of hydrogen-bond donors (Lipinski definition) is 2. The molecule has 1 rings (SSSR count). The fourth-order valence-electron chi connectivity index (χ4n) is 1.77. The molecule has 0 bridgehead atoms. The largest absolute Gasteiger partial charge is 0.384 e. The van der Waals surface area contributed by atoms with Gasteiger partial charge in [0, 0.05) is 13.1 Å². The summed E-state index contributed by atoms with van der Waals surface area (Å²) in [5.41, 5.74) is 5.75. The van der Waals surface area contributed by atoms with Gasteiger partial charge in [0.15, 0.2) is 5.96 Å². The molecule has 0 aliphatic carbocycles. The van der Waals surface area contributed by atoms with Crippen LogP contribution >= 0.6 is 0 Å². The lowest BCUT2D eigenvalue weighted by atomic mass is 9.96. The van der Waals surface area contributed by atoms with Gasteiger partial charge in [0.2, 0.25) is 0 Å². The van der Waals surface area contributed by atoms with Crippen molar-refractivity contribution in [1.82, 2.24) is 4.90 Å². The van der Waals surface area contributed by atoms with Gasteiger partial charge in [-0.3, -0.25) is 0 Å². The van der Waals surface area contributed by atoms with Crippen molar-refractivity contribution in [2.24, 2.45) is 10.7 Å². The second-order valence-corrected chi connectivity index (χ2v) is 4.49. The van der Waals surface area contributed by atoms with Crippen LogP contribution in [0.4, 0.5) is 0 Å². The maximum absolute atomic E-state index is 10.4. The van der Waals surface area contributed by atoms with E-state index in [0.29, 0.717) is 5.96 Å². The van der Waals surface area contributed by atoms with Crippen molar-refractivity contribution >= 4 is 5.96 Å². The molecule has 0 saturated heterocycles. The van der Waals surface area contributed by atoms with Crippen LogP contribution in [-0.4, -0.2) is 35.6 Å². The van der Waals surface area contributed by atoms with E-state index in [4.69, 9.17) is 5.73 Å². The zero-order valence-corrected chi connectivity index (χ0v) is 11.4. The van der Waals surface area contributed by atoms with Gasteiger partial charge in [-0.15, -0.1) is 0 Å². The number of nitrogens with zero attached hydrogens (tertiary/aromatic N) is 2. The summed E-state index contributed by atoms with van der Waals surface area (Å²) in [7, 11) is 0. The lowest BCUT2D eigenvalue weighted by molar-refractivity contribution is 0.0671. The predicted octanol–water partition coefficient (Wildman–Crippen LogP) is 1.55. The van der Waals surface area contributed by atoms with Crippen molar-refractivity contribution in [3.63, 3.8) is 0 Å². The first-order valence-corrected chi connectivity index (χ1v) is 6.34. The molecular formula is C14H23N3O. The van der Waals surface area contributed by atoms with E-state index >= 15 is 0 Å². The summed E-state index contributed by atoms with van der Waals surface area (Å²) >= 11 is 0. The Hall–Kier alpha value is -1.55. The third-order valence-corrected chi connectivity index (χ3v) is 3.03. The van der Waals surface area contributed by atoms with Gasteiger partial charge >= 0.3 is 0 Å². The number of guanidine groups is 1. The van der Waals surface area contributed by atoms with Crippen LogP contribution < -0.4 is 5.73 Å². The Kier molecular flexibility index (Phi) is 5.16. The Balaban J connectivity index is 2.75. The molecule has 0 fully saturated rings. The van der Waals surface area contributed by atoms with Gasteiger partial charge in [-0.1, -0.05) is 30.3 Å². The number of rotatable bonds is 5. The van der Waals surface area contributed by atoms with Crippen molar-refractivity contribution in [2.75, 3.05) is 19.6 Å². The van der Waals surface area contributed by atoms with Crippen molar-refractivity contribution < 1.29 is 5.11 Å². The van der Waals surface area contributed by atoms with Gasteiger partial charge < -0.3 is 15.7 Å². The number of hydrogen-bond acceptors (Lipinski definition) is 2. The lowest BCUT2D eigenvalue weighted by Gasteiger charge is -2.24. The van der Waals surface area contributed by atoms with Gasteiger partial charge in [-0.25, -0.2) is 4.99 Å². The van der Waals surface area contributed by atoms with Crippen LogP contribution in [0.5, 0.6) is 0 Å². The maximum Gasteiger partial charge on any atom is 0.191 e. The molecule has 3 N–H and O–H groups in total. The average molecular weight is 249 g/mol. The smallest absolute Gasteiger partial charge is 0.191 e. The minimum Gasteiger partial charge on any atom is -0.384 e. The normalized spacial score (nSPS) is 15.2. The molecule has 1 aromatic carbocycles. The Bertz CT molecular complexity index is 383. The standard InChI is InChI=1S/C14H23N3O/c1-4-17(5-2)13(15)16-11-14(3,18)12-9-7-6-8-10-12/h6-10,18H,4-5,11H2,1-3H3,(H2,15,16). The summed E-state index contributed by atoms with van der Waals surface area (Å²) < 4.78 is 0. The first-order valence-electron chi connectivity index (χ1n) is 6.34. The van der Waals surface area contributed by atoms with Crippen LogP contribution in [0.25, 0.3) is 0 Å². The number of aliphatic hydroxyl groups is 1. The third-order valence-electron chi connectivity index (χ3n) is 3.03. The van der Waals surface area contributed by atoms with Crippen LogP contribution in [0, 0.1) is 0 Å². The molecule has 0 aromatic heterocycles. The minimum atomic E-state index is -0.987. The Morgan fingerprint density at radius 1 is 1.28 bits per heavy atom. The Morgan fingerprint density at radius 2 is 1.83 bits per heavy atom. The first-order chi connectivity index (χ1) is 8.51. The van der Waals surface area contributed by atoms with Crippen LogP contribution in [0.3, 0.4) is 0 Å². The van der Waals surface area contributed by atoms with Crippen LogP contribution in [0.1, 0.15) is 26.3 Å². The quantitative estimate of drug-likeness (QED) is 0.615. The van der Waals surface area contributed by atoms with E-state index in [1.54, 1.807) is 6.92 Å². The first kappa shape index (κ1) is 14.5. The van der Waals surface area contributed by atoms with E-state index < -0.39 is 5.60 Å². The van der Waals surface area contributed by atoms with Crippen LogP contribution in [0.15, 0.2) is 35.3 Å². The highest BCUT2D eigenvalue weighted by molar-refractivity contribution is 5.78. The summed E-state index contributed by atoms with van der Waals surface area (Å²) in [6.45, 7) is 7.71. The lowest BCUT2D eigenvalue weighted by Crippen LogP contribution is -2.38. The van der Waals surface area contributed by atoms with E-state index in [0.717, 1.165) is 18.7 Å². The molecule has 0 heterocycles. The molecule has 4 nitrogen and oxygen atoms in total. The van der Waals surface area contributed by atoms with E-state index in [-0.39, 0.29) is 6.54 Å². The molecule has 1 aromatic rings. The highest BCUT2D eigenvalue weighted by atomic mass is 16.3. The highest BCUT2D eigenvalue weighted by Gasteiger charge is 2.22. The van der Waals surface area contributed by atoms with E-state index in [1.165, 1.54) is 0 Å². The van der Waals surface area contributed by atoms with E-state index in [9.17, 15) is 5.11 Å². The van der Waals surface area contributed by atoms with Crippen LogP contribution in [0.2, 0.25) is 0 Å². The van der Waals surface area contributed by atoms with Gasteiger partial charge in [0.25, 0.3) is 0 Å². The van der Waals surface area contributed by atoms with Gasteiger partial charge in [-0.2, -0.15) is 0 Å². The topological polar surface area (TPSA) is 61.8 Å². The fraction of sp³-hybridized carbons (Fsp3) is 0.500. The molecule has 0 radical (unpaired) electrons. The summed E-state index contributed by atoms with van der Waals surface area (Å²) in [4.78, 5) is 6.24. The van der Waals surface area contributed by atoms with Gasteiger partial charge in [0.05, 0.1) is 6.54 Å². The van der Waals surface area contributed by atoms with E-state index in [2.05, 4.69) is 4.99 Å². The highest BCUT2D eigenvalue weighted by Crippen LogP contribution is 2.20. The summed E-state index contributed by atoms with van der Waals surface area (Å²) in [6, 6.07) is 9.52. The van der Waals surface area contributed by atoms with Gasteiger partial charge in [-0.05, 0) is 26.3 Å². The molecule has 1 atom stereocenters. The maximum atomic E-state index is 10.4. The molecule has 0 saturated carbocycles. The van der Waals surface area contributed by atoms with Gasteiger partial charge in [0.1, 0.15) is 5.60 Å². The average Bonchev–Trinajstić information content (AvgIpc) is 2.39. The summed E-state index contributed by atoms with van der Waals surface area (Å²) in [5.74, 6) is 0.483. The van der Waals surface area contributed by atoms with Crippen molar-refractivity contribution in [1.29, 1.82) is 0 Å². The van der Waals surface area contributed by atoms with Crippen molar-refractivity contribution in [2.45, 2.75) is 26.4 Å². The monoisotopic (exact) mass is 249 g/mol. The van der Waals surface area contributed by atoms with Crippen molar-refractivity contribution in [3.05, 3.63) is 35.9 Å². The second-order valence-electron chi connectivity index (χ2n) is 4.49. The van der Waals surface area contributed by atoms with E-state index in [1.807, 2.05) is 49.1 Å². The second kappa shape index (κ2) is 6.40. The Morgan fingerprint density at radius 3 is 2.33 bits per heavy atom. The zero-order chi connectivity index (χ0) is 13.6. The Labute approximate surface area is 109 Å². The summed E-state index contributed by atoms with van der Waals surface area (Å²) in [6.07, 6.45) is 0. The molecule has 0 aliphatic rings. The third kappa shape index (κ3) is 3.74. The molecule has 0 spiro atoms. The fourth-order valence-corrected chi connectivity index (χ4v) is 1.77. The minimum absolute atomic E-state index is 0.263. The van der Waals surface area contributed by atoms with Crippen molar-refractivity contribution in [3.8, 4) is 0 Å². The molecule has 0 aliphatic heterocycles. The predicted molar refractivity (Wildman–Crippen MR) is 75.4 cm³/mol. The molecule has 4 heteroatoms. The number of aliphatic imine (C=N–C) groups is 1. The molecule has 1 unspecified atom stereocenters. The van der Waals surface area contributed by atoms with Crippen LogP contribution in [-0.2, 0) is 5.60 Å². The molecule has 100 valence electrons. The molecular weight excluding hydrogens is 226 g/mol. The number of benzene rings is 1. The number of nitrogens with two attached hydrogens (primary N) is 1. The SMILES string of the molecule is CCN(CC)C(N)=NCC(C)(O)c1ccccc1. The molecule has 18 heavy (non-hydrogen) atoms. The molecule has 0 amide bonds. The summed E-state index contributed by atoms with van der Waals surface area (Å²) in [5, 5.41) is 10.4. The zero-order valence-electron chi connectivity index (χ0n) is 11.4.